The minimum Gasteiger partial charge on any atom is -0.497 e. The summed E-state index contributed by atoms with van der Waals surface area (Å²) >= 11 is 1.14. The number of aromatic nitrogens is 1. The molecule has 166 valence electrons. The normalized spacial score (nSPS) is 11.0. The van der Waals surface area contributed by atoms with E-state index in [-0.39, 0.29) is 5.13 Å². The quantitative estimate of drug-likeness (QED) is 0.231. The lowest BCUT2D eigenvalue weighted by Gasteiger charge is -2.14. The second-order valence-corrected chi connectivity index (χ2v) is 7.82. The number of benzene rings is 3. The molecule has 0 bridgehead atoms. The van der Waals surface area contributed by atoms with E-state index in [1.165, 1.54) is 49.7 Å². The summed E-state index contributed by atoms with van der Waals surface area (Å²) in [5.41, 5.74) is 1.90. The summed E-state index contributed by atoms with van der Waals surface area (Å²) in [5, 5.41) is 5.80. The van der Waals surface area contributed by atoms with E-state index in [1.54, 1.807) is 37.4 Å². The summed E-state index contributed by atoms with van der Waals surface area (Å²) in [6, 6.07) is 17.4. The molecule has 0 saturated carbocycles. The number of anilines is 1. The zero-order valence-corrected chi connectivity index (χ0v) is 18.5. The summed E-state index contributed by atoms with van der Waals surface area (Å²) < 4.78 is 24.1. The second kappa shape index (κ2) is 9.58. The highest BCUT2D eigenvalue weighted by molar-refractivity contribution is 7.22. The molecule has 4 rings (SSSR count). The zero-order chi connectivity index (χ0) is 23.4. The fourth-order valence-corrected chi connectivity index (χ4v) is 3.92. The van der Waals surface area contributed by atoms with Crippen LogP contribution in [0.2, 0.25) is 0 Å². The molecule has 0 unspecified atom stereocenters. The van der Waals surface area contributed by atoms with Crippen molar-refractivity contribution in [3.8, 4) is 5.75 Å². The molecule has 0 aliphatic heterocycles. The molecular formula is C24H18FN3O4S. The zero-order valence-electron chi connectivity index (χ0n) is 17.7. The summed E-state index contributed by atoms with van der Waals surface area (Å²) in [5.74, 6) is -0.665. The standard InChI is InChI=1S/C24H18FN3O4S/c1-31-19-10-3-15(4-11-19)14-26-28(24-27-20-12-9-18(25)13-21(20)33-24)22(29)16-5-7-17(8-6-16)23(30)32-2/h3-14H,1-2H3. The minimum atomic E-state index is -0.503. The number of fused-ring (bicyclic) bond motifs is 1. The molecule has 1 aromatic heterocycles. The number of carbonyl (C=O) groups excluding carboxylic acids is 2. The number of amides is 1. The Labute approximate surface area is 192 Å². The van der Waals surface area contributed by atoms with Crippen LogP contribution >= 0.6 is 11.3 Å². The largest absolute Gasteiger partial charge is 0.497 e. The molecule has 0 spiro atoms. The van der Waals surface area contributed by atoms with Crippen molar-refractivity contribution in [2.75, 3.05) is 19.2 Å². The van der Waals surface area contributed by atoms with Gasteiger partial charge in [-0.05, 0) is 72.3 Å². The first-order chi connectivity index (χ1) is 16.0. The molecule has 0 saturated heterocycles. The number of halogens is 1. The number of thiazole rings is 1. The monoisotopic (exact) mass is 463 g/mol. The predicted octanol–water partition coefficient (Wildman–Crippen LogP) is 4.91. The number of hydrazone groups is 1. The van der Waals surface area contributed by atoms with E-state index in [2.05, 4.69) is 10.1 Å². The molecule has 1 heterocycles. The van der Waals surface area contributed by atoms with Gasteiger partial charge in [0.1, 0.15) is 11.6 Å². The van der Waals surface area contributed by atoms with Crippen molar-refractivity contribution in [2.45, 2.75) is 0 Å². The van der Waals surface area contributed by atoms with E-state index >= 15 is 0 Å². The molecule has 3 aromatic carbocycles. The Morgan fingerprint density at radius 3 is 2.36 bits per heavy atom. The van der Waals surface area contributed by atoms with Crippen LogP contribution in [0.4, 0.5) is 9.52 Å². The minimum absolute atomic E-state index is 0.280. The lowest BCUT2D eigenvalue weighted by molar-refractivity contribution is 0.0600. The third kappa shape index (κ3) is 4.88. The Morgan fingerprint density at radius 2 is 1.70 bits per heavy atom. The van der Waals surface area contributed by atoms with Gasteiger partial charge in [0.05, 0.1) is 36.2 Å². The highest BCUT2D eigenvalue weighted by Gasteiger charge is 2.21. The van der Waals surface area contributed by atoms with Gasteiger partial charge in [-0.1, -0.05) is 11.3 Å². The molecule has 33 heavy (non-hydrogen) atoms. The van der Waals surface area contributed by atoms with Crippen molar-refractivity contribution >= 4 is 44.8 Å². The predicted molar refractivity (Wildman–Crippen MR) is 125 cm³/mol. The maximum absolute atomic E-state index is 13.7. The van der Waals surface area contributed by atoms with Crippen LogP contribution in [0.3, 0.4) is 0 Å². The van der Waals surface area contributed by atoms with E-state index in [9.17, 15) is 14.0 Å². The highest BCUT2D eigenvalue weighted by Crippen LogP contribution is 2.30. The van der Waals surface area contributed by atoms with Crippen LogP contribution in [-0.2, 0) is 4.74 Å². The van der Waals surface area contributed by atoms with Crippen LogP contribution in [-0.4, -0.2) is 37.3 Å². The van der Waals surface area contributed by atoms with Crippen LogP contribution in [0.5, 0.6) is 5.75 Å². The lowest BCUT2D eigenvalue weighted by Crippen LogP contribution is -2.25. The smallest absolute Gasteiger partial charge is 0.337 e. The van der Waals surface area contributed by atoms with E-state index in [4.69, 9.17) is 9.47 Å². The Hall–Kier alpha value is -4.11. The van der Waals surface area contributed by atoms with Gasteiger partial charge in [-0.3, -0.25) is 4.79 Å². The van der Waals surface area contributed by atoms with Gasteiger partial charge in [0.25, 0.3) is 5.91 Å². The number of nitrogens with zero attached hydrogens (tertiary/aromatic N) is 3. The third-order valence-electron chi connectivity index (χ3n) is 4.70. The molecule has 0 fully saturated rings. The van der Waals surface area contributed by atoms with Crippen molar-refractivity contribution in [1.29, 1.82) is 0 Å². The molecule has 0 atom stereocenters. The fraction of sp³-hybridized carbons (Fsp3) is 0.0833. The average Bonchev–Trinajstić information content (AvgIpc) is 3.26. The average molecular weight is 463 g/mol. The van der Waals surface area contributed by atoms with E-state index in [1.807, 2.05) is 0 Å². The highest BCUT2D eigenvalue weighted by atomic mass is 32.1. The van der Waals surface area contributed by atoms with Gasteiger partial charge in [0.15, 0.2) is 0 Å². The van der Waals surface area contributed by atoms with E-state index in [0.717, 1.165) is 21.9 Å². The van der Waals surface area contributed by atoms with Gasteiger partial charge in [-0.2, -0.15) is 10.1 Å². The number of hydrogen-bond acceptors (Lipinski definition) is 7. The van der Waals surface area contributed by atoms with Crippen molar-refractivity contribution in [2.24, 2.45) is 5.10 Å². The van der Waals surface area contributed by atoms with Crippen molar-refractivity contribution in [3.63, 3.8) is 0 Å². The van der Waals surface area contributed by atoms with E-state index in [0.29, 0.717) is 27.1 Å². The Morgan fingerprint density at radius 1 is 1.00 bits per heavy atom. The first kappa shape index (κ1) is 22.1. The maximum Gasteiger partial charge on any atom is 0.337 e. The van der Waals surface area contributed by atoms with Crippen LogP contribution in [0.1, 0.15) is 26.3 Å². The van der Waals surface area contributed by atoms with Crippen molar-refractivity contribution < 1.29 is 23.5 Å². The number of methoxy groups -OCH3 is 2. The fourth-order valence-electron chi connectivity index (χ4n) is 2.97. The topological polar surface area (TPSA) is 81.1 Å². The second-order valence-electron chi connectivity index (χ2n) is 6.81. The molecule has 0 aliphatic rings. The molecule has 9 heteroatoms. The SMILES string of the molecule is COC(=O)c1ccc(C(=O)N(N=Cc2ccc(OC)cc2)c2nc3ccc(F)cc3s2)cc1. The summed E-state index contributed by atoms with van der Waals surface area (Å²) in [7, 11) is 2.86. The van der Waals surface area contributed by atoms with Gasteiger partial charge in [-0.25, -0.2) is 14.2 Å². The Bertz CT molecular complexity index is 1330. The molecule has 4 aromatic rings. The van der Waals surface area contributed by atoms with Crippen LogP contribution < -0.4 is 9.75 Å². The van der Waals surface area contributed by atoms with Crippen molar-refractivity contribution in [1.82, 2.24) is 4.98 Å². The van der Waals surface area contributed by atoms with Gasteiger partial charge in [0, 0.05) is 5.56 Å². The molecule has 0 N–H and O–H groups in total. The molecule has 0 aliphatic carbocycles. The van der Waals surface area contributed by atoms with Gasteiger partial charge >= 0.3 is 5.97 Å². The van der Waals surface area contributed by atoms with Crippen LogP contribution in [0, 0.1) is 5.82 Å². The van der Waals surface area contributed by atoms with Gasteiger partial charge in [-0.15, -0.1) is 0 Å². The molecule has 1 amide bonds. The number of ether oxygens (including phenoxy) is 2. The summed E-state index contributed by atoms with van der Waals surface area (Å²) in [4.78, 5) is 29.5. The Kier molecular flexibility index (Phi) is 6.41. The first-order valence-electron chi connectivity index (χ1n) is 9.75. The van der Waals surface area contributed by atoms with Crippen LogP contribution in [0.25, 0.3) is 10.2 Å². The summed E-state index contributed by atoms with van der Waals surface area (Å²) in [6.07, 6.45) is 1.52. The molecule has 0 radical (unpaired) electrons. The molecule has 7 nitrogen and oxygen atoms in total. The van der Waals surface area contributed by atoms with Crippen molar-refractivity contribution in [3.05, 3.63) is 89.2 Å². The number of rotatable bonds is 6. The van der Waals surface area contributed by atoms with Gasteiger partial charge < -0.3 is 9.47 Å². The molecular weight excluding hydrogens is 445 g/mol. The number of esters is 1. The lowest BCUT2D eigenvalue weighted by atomic mass is 10.1. The number of hydrogen-bond donors (Lipinski definition) is 0. The summed E-state index contributed by atoms with van der Waals surface area (Å²) in [6.45, 7) is 0. The number of carbonyl (C=O) groups is 2. The maximum atomic E-state index is 13.7. The van der Waals surface area contributed by atoms with E-state index < -0.39 is 17.7 Å². The first-order valence-corrected chi connectivity index (χ1v) is 10.6. The Balaban J connectivity index is 1.71. The third-order valence-corrected chi connectivity index (χ3v) is 5.70. The van der Waals surface area contributed by atoms with Gasteiger partial charge in [0.2, 0.25) is 5.13 Å². The van der Waals surface area contributed by atoms with Crippen LogP contribution in [0.15, 0.2) is 71.8 Å².